The number of carbonyl (C=O) groups is 1. The lowest BCUT2D eigenvalue weighted by Gasteiger charge is -2.22. The van der Waals surface area contributed by atoms with Crippen LogP contribution in [0.15, 0.2) is 63.6 Å². The van der Waals surface area contributed by atoms with E-state index in [0.717, 1.165) is 65.1 Å². The standard InChI is InChI=1S/C28H28N6O3S/c1-17-7-9-19(10-8-17)24-15-22(18-11-13-20(37-2)14-12-18)32-34(24)25(35)16-38-28-31-30-27-29-26(36)21-5-3-4-6-23(21)33(27)28/h7-14,24H,3-6,15-16H2,1-2H3,(H,29,30,36). The second-order valence-corrected chi connectivity index (χ2v) is 10.6. The van der Waals surface area contributed by atoms with E-state index in [-0.39, 0.29) is 23.3 Å². The summed E-state index contributed by atoms with van der Waals surface area (Å²) >= 11 is 1.32. The molecule has 3 heterocycles. The maximum Gasteiger partial charge on any atom is 0.255 e. The van der Waals surface area contributed by atoms with Gasteiger partial charge in [0.2, 0.25) is 5.78 Å². The van der Waals surface area contributed by atoms with Crippen LogP contribution in [-0.2, 0) is 17.6 Å². The number of hydrogen-bond acceptors (Lipinski definition) is 7. The number of amides is 1. The van der Waals surface area contributed by atoms with E-state index in [9.17, 15) is 9.59 Å². The molecule has 0 bridgehead atoms. The minimum atomic E-state index is -0.194. The van der Waals surface area contributed by atoms with Crippen molar-refractivity contribution in [3.63, 3.8) is 0 Å². The molecule has 1 amide bonds. The van der Waals surface area contributed by atoms with Gasteiger partial charge in [0.1, 0.15) is 5.75 Å². The van der Waals surface area contributed by atoms with Crippen molar-refractivity contribution in [2.24, 2.45) is 5.10 Å². The van der Waals surface area contributed by atoms with Crippen LogP contribution in [-0.4, -0.2) is 49.1 Å². The van der Waals surface area contributed by atoms with Crippen molar-refractivity contribution in [1.82, 2.24) is 24.6 Å². The molecule has 0 saturated heterocycles. The number of aromatic amines is 1. The number of benzene rings is 2. The number of hydrazone groups is 1. The predicted molar refractivity (Wildman–Crippen MR) is 146 cm³/mol. The molecule has 1 atom stereocenters. The van der Waals surface area contributed by atoms with E-state index >= 15 is 0 Å². The molecule has 2 aromatic heterocycles. The van der Waals surface area contributed by atoms with E-state index < -0.39 is 0 Å². The van der Waals surface area contributed by atoms with Crippen molar-refractivity contribution >= 4 is 29.2 Å². The number of nitrogens with zero attached hydrogens (tertiary/aromatic N) is 5. The van der Waals surface area contributed by atoms with Crippen LogP contribution in [0.5, 0.6) is 5.75 Å². The van der Waals surface area contributed by atoms with Crippen molar-refractivity contribution in [1.29, 1.82) is 0 Å². The maximum absolute atomic E-state index is 13.6. The van der Waals surface area contributed by atoms with Crippen LogP contribution in [0.3, 0.4) is 0 Å². The maximum atomic E-state index is 13.6. The number of carbonyl (C=O) groups excluding carboxylic acids is 1. The van der Waals surface area contributed by atoms with Crippen molar-refractivity contribution in [3.8, 4) is 5.75 Å². The minimum absolute atomic E-state index is 0.0920. The summed E-state index contributed by atoms with van der Waals surface area (Å²) in [4.78, 5) is 28.9. The van der Waals surface area contributed by atoms with Gasteiger partial charge in [0.15, 0.2) is 5.16 Å². The van der Waals surface area contributed by atoms with E-state index in [1.807, 2.05) is 35.6 Å². The van der Waals surface area contributed by atoms with E-state index in [4.69, 9.17) is 9.84 Å². The number of nitrogens with one attached hydrogen (secondary N) is 1. The fourth-order valence-electron chi connectivity index (χ4n) is 5.18. The fourth-order valence-corrected chi connectivity index (χ4v) is 5.99. The number of rotatable bonds is 6. The first-order chi connectivity index (χ1) is 18.5. The predicted octanol–water partition coefficient (Wildman–Crippen LogP) is 4.08. The Balaban J connectivity index is 1.28. The Morgan fingerprint density at radius 3 is 2.61 bits per heavy atom. The van der Waals surface area contributed by atoms with E-state index in [0.29, 0.717) is 17.4 Å². The Morgan fingerprint density at radius 1 is 1.08 bits per heavy atom. The van der Waals surface area contributed by atoms with Gasteiger partial charge in [0, 0.05) is 17.7 Å². The van der Waals surface area contributed by atoms with Crippen LogP contribution in [0.4, 0.5) is 0 Å². The zero-order valence-corrected chi connectivity index (χ0v) is 22.1. The van der Waals surface area contributed by atoms with Gasteiger partial charge in [-0.1, -0.05) is 41.6 Å². The highest BCUT2D eigenvalue weighted by atomic mass is 32.2. The average molecular weight is 529 g/mol. The first-order valence-electron chi connectivity index (χ1n) is 12.7. The Hall–Kier alpha value is -3.92. The second-order valence-electron chi connectivity index (χ2n) is 9.66. The number of hydrogen-bond donors (Lipinski definition) is 1. The number of methoxy groups -OCH3 is 1. The number of ether oxygens (including phenoxy) is 1. The van der Waals surface area contributed by atoms with Crippen LogP contribution in [0.2, 0.25) is 0 Å². The smallest absolute Gasteiger partial charge is 0.255 e. The second kappa shape index (κ2) is 10.1. The monoisotopic (exact) mass is 528 g/mol. The number of H-pyrrole nitrogens is 1. The molecule has 6 rings (SSSR count). The van der Waals surface area contributed by atoms with Crippen LogP contribution >= 0.6 is 11.8 Å². The highest BCUT2D eigenvalue weighted by Crippen LogP contribution is 2.34. The van der Waals surface area contributed by atoms with Gasteiger partial charge in [-0.05, 0) is 68.0 Å². The lowest BCUT2D eigenvalue weighted by molar-refractivity contribution is -0.130. The summed E-state index contributed by atoms with van der Waals surface area (Å²) in [7, 11) is 1.64. The zero-order chi connectivity index (χ0) is 26.2. The van der Waals surface area contributed by atoms with Gasteiger partial charge < -0.3 is 4.74 Å². The van der Waals surface area contributed by atoms with E-state index in [1.54, 1.807) is 12.1 Å². The van der Waals surface area contributed by atoms with Crippen LogP contribution < -0.4 is 10.3 Å². The van der Waals surface area contributed by atoms with Crippen LogP contribution in [0.25, 0.3) is 5.78 Å². The quantitative estimate of drug-likeness (QED) is 0.378. The molecule has 1 N–H and O–H groups in total. The highest BCUT2D eigenvalue weighted by Gasteiger charge is 2.33. The molecule has 1 unspecified atom stereocenters. The lowest BCUT2D eigenvalue weighted by atomic mass is 9.97. The molecule has 0 spiro atoms. The molecule has 194 valence electrons. The third kappa shape index (κ3) is 4.49. The SMILES string of the molecule is COc1ccc(C2=NN(C(=O)CSc3nnc4[nH]c(=O)c5c(n34)CCCC5)C(c3ccc(C)cc3)C2)cc1. The van der Waals surface area contributed by atoms with Gasteiger partial charge in [-0.3, -0.25) is 19.0 Å². The molecule has 2 aliphatic rings. The van der Waals surface area contributed by atoms with Crippen molar-refractivity contribution in [2.75, 3.05) is 12.9 Å². The van der Waals surface area contributed by atoms with Crippen molar-refractivity contribution < 1.29 is 9.53 Å². The minimum Gasteiger partial charge on any atom is -0.497 e. The summed E-state index contributed by atoms with van der Waals surface area (Å²) in [6, 6.07) is 15.8. The number of fused-ring (bicyclic) bond motifs is 3. The number of thioether (sulfide) groups is 1. The molecule has 4 aromatic rings. The van der Waals surface area contributed by atoms with Crippen molar-refractivity contribution in [2.45, 2.75) is 50.2 Å². The molecule has 0 fully saturated rings. The van der Waals surface area contributed by atoms with Gasteiger partial charge in [-0.25, -0.2) is 5.01 Å². The topological polar surface area (TPSA) is 105 Å². The third-order valence-electron chi connectivity index (χ3n) is 7.22. The highest BCUT2D eigenvalue weighted by molar-refractivity contribution is 7.99. The molecule has 1 aliphatic heterocycles. The Labute approximate surface area is 223 Å². The number of aromatic nitrogens is 4. The normalized spacial score (nSPS) is 16.9. The summed E-state index contributed by atoms with van der Waals surface area (Å²) in [5.74, 6) is 1.23. The van der Waals surface area contributed by atoms with Gasteiger partial charge in [-0.2, -0.15) is 5.10 Å². The summed E-state index contributed by atoms with van der Waals surface area (Å²) in [5.41, 5.74) is 5.68. The molecular formula is C28H28N6O3S. The van der Waals surface area contributed by atoms with Gasteiger partial charge in [-0.15, -0.1) is 10.2 Å². The molecule has 10 heteroatoms. The Kier molecular flexibility index (Phi) is 6.49. The van der Waals surface area contributed by atoms with Gasteiger partial charge in [0.25, 0.3) is 11.5 Å². The lowest BCUT2D eigenvalue weighted by Crippen LogP contribution is -2.28. The van der Waals surface area contributed by atoms with Crippen molar-refractivity contribution in [3.05, 3.63) is 86.8 Å². The average Bonchev–Trinajstić information content (AvgIpc) is 3.57. The molecule has 2 aromatic carbocycles. The van der Waals surface area contributed by atoms with E-state index in [1.165, 1.54) is 11.8 Å². The summed E-state index contributed by atoms with van der Waals surface area (Å²) in [6.45, 7) is 2.05. The molecular weight excluding hydrogens is 500 g/mol. The Bertz CT molecular complexity index is 1590. The molecule has 9 nitrogen and oxygen atoms in total. The first-order valence-corrected chi connectivity index (χ1v) is 13.7. The molecule has 0 saturated carbocycles. The summed E-state index contributed by atoms with van der Waals surface area (Å²) < 4.78 is 7.20. The molecule has 0 radical (unpaired) electrons. The molecule has 38 heavy (non-hydrogen) atoms. The van der Waals surface area contributed by atoms with E-state index in [2.05, 4.69) is 39.4 Å². The summed E-state index contributed by atoms with van der Waals surface area (Å²) in [6.07, 6.45) is 4.17. The van der Waals surface area contributed by atoms with Crippen LogP contribution in [0.1, 0.15) is 53.3 Å². The number of aryl methyl sites for hydroxylation is 2. The third-order valence-corrected chi connectivity index (χ3v) is 8.13. The summed E-state index contributed by atoms with van der Waals surface area (Å²) in [5, 5.41) is 15.5. The molecule has 1 aliphatic carbocycles. The van der Waals surface area contributed by atoms with Crippen LogP contribution in [0, 0.1) is 6.92 Å². The fraction of sp³-hybridized carbons (Fsp3) is 0.321. The van der Waals surface area contributed by atoms with Gasteiger partial charge >= 0.3 is 0 Å². The zero-order valence-electron chi connectivity index (χ0n) is 21.3. The van der Waals surface area contributed by atoms with Gasteiger partial charge in [0.05, 0.1) is 24.6 Å². The first kappa shape index (κ1) is 24.4. The Morgan fingerprint density at radius 2 is 1.84 bits per heavy atom. The largest absolute Gasteiger partial charge is 0.497 e.